The molecule has 19 heavy (non-hydrogen) atoms. The van der Waals surface area contributed by atoms with E-state index in [0.29, 0.717) is 12.2 Å². The molecule has 2 aromatic rings. The third kappa shape index (κ3) is 1.99. The lowest BCUT2D eigenvalue weighted by molar-refractivity contribution is 0.100. The lowest BCUT2D eigenvalue weighted by Crippen LogP contribution is -2.12. The number of primary amides is 1. The highest BCUT2D eigenvalue weighted by molar-refractivity contribution is 6.00. The van der Waals surface area contributed by atoms with E-state index in [1.54, 1.807) is 12.1 Å². The second kappa shape index (κ2) is 4.61. The molecule has 0 saturated carbocycles. The molecule has 1 heterocycles. The smallest absolute Gasteiger partial charge is 0.249 e. The maximum absolute atomic E-state index is 11.5. The molecule has 2 aromatic carbocycles. The molecule has 0 atom stereocenters. The van der Waals surface area contributed by atoms with Gasteiger partial charge in [-0.3, -0.25) is 4.79 Å². The monoisotopic (exact) mass is 251 g/mol. The van der Waals surface area contributed by atoms with Crippen LogP contribution < -0.4 is 10.5 Å². The van der Waals surface area contributed by atoms with Crippen LogP contribution in [0.15, 0.2) is 48.5 Å². The van der Waals surface area contributed by atoms with Crippen molar-refractivity contribution in [3.05, 3.63) is 59.7 Å². The fraction of sp³-hybridized carbons (Fsp3) is 0.0625. The maximum atomic E-state index is 11.5. The predicted molar refractivity (Wildman–Crippen MR) is 74.9 cm³/mol. The van der Waals surface area contributed by atoms with Gasteiger partial charge in [-0.2, -0.15) is 0 Å². The number of amides is 1. The van der Waals surface area contributed by atoms with E-state index in [4.69, 9.17) is 10.5 Å². The number of carbonyl (C=O) groups is 1. The Kier molecular flexibility index (Phi) is 2.80. The van der Waals surface area contributed by atoms with Gasteiger partial charge in [0.15, 0.2) is 0 Å². The van der Waals surface area contributed by atoms with Gasteiger partial charge in [-0.25, -0.2) is 0 Å². The quantitative estimate of drug-likeness (QED) is 0.892. The van der Waals surface area contributed by atoms with E-state index >= 15 is 0 Å². The molecule has 0 aliphatic carbocycles. The van der Waals surface area contributed by atoms with Gasteiger partial charge in [0.2, 0.25) is 5.91 Å². The van der Waals surface area contributed by atoms with Crippen LogP contribution in [0, 0.1) is 0 Å². The van der Waals surface area contributed by atoms with Crippen LogP contribution in [0.25, 0.3) is 17.2 Å². The van der Waals surface area contributed by atoms with Crippen molar-refractivity contribution < 1.29 is 9.53 Å². The lowest BCUT2D eigenvalue weighted by atomic mass is 9.96. The predicted octanol–water partition coefficient (Wildman–Crippen LogP) is 2.86. The van der Waals surface area contributed by atoms with E-state index in [1.807, 2.05) is 42.5 Å². The van der Waals surface area contributed by atoms with Crippen molar-refractivity contribution in [2.75, 3.05) is 6.61 Å². The number of rotatable bonds is 2. The Bertz CT molecular complexity index is 674. The summed E-state index contributed by atoms with van der Waals surface area (Å²) < 4.78 is 5.70. The summed E-state index contributed by atoms with van der Waals surface area (Å²) in [4.78, 5) is 11.5. The third-order valence-electron chi connectivity index (χ3n) is 3.15. The molecule has 0 radical (unpaired) electrons. The number of para-hydroxylation sites is 1. The lowest BCUT2D eigenvalue weighted by Gasteiger charge is -2.17. The summed E-state index contributed by atoms with van der Waals surface area (Å²) in [5.74, 6) is 0.373. The molecule has 0 unspecified atom stereocenters. The fourth-order valence-electron chi connectivity index (χ4n) is 2.30. The van der Waals surface area contributed by atoms with Crippen LogP contribution in [0.3, 0.4) is 0 Å². The summed E-state index contributed by atoms with van der Waals surface area (Å²) in [6, 6.07) is 13.2. The van der Waals surface area contributed by atoms with Crippen molar-refractivity contribution in [1.82, 2.24) is 0 Å². The fourth-order valence-corrected chi connectivity index (χ4v) is 2.30. The molecule has 94 valence electrons. The summed E-state index contributed by atoms with van der Waals surface area (Å²) in [5, 5.41) is 0. The Morgan fingerprint density at radius 3 is 2.68 bits per heavy atom. The first-order valence-corrected chi connectivity index (χ1v) is 6.09. The normalized spacial score (nSPS) is 12.6. The highest BCUT2D eigenvalue weighted by atomic mass is 16.5. The number of nitrogens with two attached hydrogens (primary N) is 1. The van der Waals surface area contributed by atoms with Crippen LogP contribution in [0.2, 0.25) is 0 Å². The van der Waals surface area contributed by atoms with Crippen LogP contribution in [0.4, 0.5) is 0 Å². The second-order valence-electron chi connectivity index (χ2n) is 4.35. The third-order valence-corrected chi connectivity index (χ3v) is 3.15. The van der Waals surface area contributed by atoms with Gasteiger partial charge in [-0.1, -0.05) is 42.5 Å². The first kappa shape index (κ1) is 11.5. The highest BCUT2D eigenvalue weighted by Gasteiger charge is 2.16. The molecule has 1 amide bonds. The molecule has 0 saturated heterocycles. The Hall–Kier alpha value is -2.55. The van der Waals surface area contributed by atoms with Gasteiger partial charge in [0.1, 0.15) is 12.4 Å². The van der Waals surface area contributed by atoms with Gasteiger partial charge in [-0.05, 0) is 17.7 Å². The van der Waals surface area contributed by atoms with Gasteiger partial charge < -0.3 is 10.5 Å². The average molecular weight is 251 g/mol. The molecular formula is C16H13NO2. The molecule has 2 N–H and O–H groups in total. The minimum absolute atomic E-state index is 0.431. The van der Waals surface area contributed by atoms with Gasteiger partial charge in [-0.15, -0.1) is 0 Å². The maximum Gasteiger partial charge on any atom is 0.249 e. The van der Waals surface area contributed by atoms with Crippen molar-refractivity contribution >= 4 is 12.0 Å². The molecule has 1 aliphatic heterocycles. The van der Waals surface area contributed by atoms with E-state index < -0.39 is 5.91 Å². The summed E-state index contributed by atoms with van der Waals surface area (Å²) in [6.07, 6.45) is 3.99. The second-order valence-corrected chi connectivity index (χ2v) is 4.35. The average Bonchev–Trinajstić information content (AvgIpc) is 2.46. The van der Waals surface area contributed by atoms with Crippen LogP contribution in [0.1, 0.15) is 15.9 Å². The number of hydrogen-bond acceptors (Lipinski definition) is 2. The Morgan fingerprint density at radius 1 is 1.05 bits per heavy atom. The number of carbonyl (C=O) groups excluding carboxylic acids is 1. The van der Waals surface area contributed by atoms with Crippen LogP contribution in [-0.2, 0) is 0 Å². The van der Waals surface area contributed by atoms with E-state index in [0.717, 1.165) is 22.4 Å². The molecule has 0 bridgehead atoms. The van der Waals surface area contributed by atoms with Crippen LogP contribution in [0.5, 0.6) is 5.75 Å². The van der Waals surface area contributed by atoms with Crippen LogP contribution in [-0.4, -0.2) is 12.5 Å². The zero-order valence-corrected chi connectivity index (χ0v) is 10.3. The molecule has 0 aromatic heterocycles. The molecule has 3 rings (SSSR count). The SMILES string of the molecule is NC(=O)c1ccccc1-c1cccc2c1OCC=C2. The van der Waals surface area contributed by atoms with Crippen LogP contribution >= 0.6 is 0 Å². The van der Waals surface area contributed by atoms with E-state index in [1.165, 1.54) is 0 Å². The molecular weight excluding hydrogens is 238 g/mol. The zero-order chi connectivity index (χ0) is 13.2. The summed E-state index contributed by atoms with van der Waals surface area (Å²) in [5.41, 5.74) is 8.67. The first-order valence-electron chi connectivity index (χ1n) is 6.09. The molecule has 3 nitrogen and oxygen atoms in total. The van der Waals surface area contributed by atoms with Gasteiger partial charge in [0.25, 0.3) is 0 Å². The standard InChI is InChI=1S/C16H13NO2/c17-16(18)14-8-2-1-7-12(14)13-9-3-5-11-6-4-10-19-15(11)13/h1-9H,10H2,(H2,17,18). The highest BCUT2D eigenvalue weighted by Crippen LogP contribution is 2.37. The van der Waals surface area contributed by atoms with E-state index in [9.17, 15) is 4.79 Å². The van der Waals surface area contributed by atoms with Crippen molar-refractivity contribution in [2.45, 2.75) is 0 Å². The minimum atomic E-state index is -0.431. The Balaban J connectivity index is 2.24. The van der Waals surface area contributed by atoms with E-state index in [2.05, 4.69) is 0 Å². The van der Waals surface area contributed by atoms with Crippen molar-refractivity contribution in [3.8, 4) is 16.9 Å². The van der Waals surface area contributed by atoms with Crippen molar-refractivity contribution in [3.63, 3.8) is 0 Å². The molecule has 1 aliphatic rings. The number of benzene rings is 2. The number of ether oxygens (including phenoxy) is 1. The largest absolute Gasteiger partial charge is 0.488 e. The molecule has 0 fully saturated rings. The zero-order valence-electron chi connectivity index (χ0n) is 10.3. The summed E-state index contributed by atoms with van der Waals surface area (Å²) in [6.45, 7) is 0.544. The van der Waals surface area contributed by atoms with E-state index in [-0.39, 0.29) is 0 Å². The summed E-state index contributed by atoms with van der Waals surface area (Å²) in [7, 11) is 0. The molecule has 0 spiro atoms. The molecule has 3 heteroatoms. The van der Waals surface area contributed by atoms with Crippen molar-refractivity contribution in [2.24, 2.45) is 5.73 Å². The van der Waals surface area contributed by atoms with Gasteiger partial charge in [0.05, 0.1) is 0 Å². The summed E-state index contributed by atoms with van der Waals surface area (Å²) >= 11 is 0. The van der Waals surface area contributed by atoms with Gasteiger partial charge >= 0.3 is 0 Å². The minimum Gasteiger partial charge on any atom is -0.488 e. The first-order chi connectivity index (χ1) is 9.27. The number of hydrogen-bond donors (Lipinski definition) is 1. The van der Waals surface area contributed by atoms with Crippen molar-refractivity contribution in [1.29, 1.82) is 0 Å². The number of fused-ring (bicyclic) bond motifs is 1. The Morgan fingerprint density at radius 2 is 1.84 bits per heavy atom. The Labute approximate surface area is 111 Å². The van der Waals surface area contributed by atoms with Gasteiger partial charge in [0, 0.05) is 16.7 Å². The topological polar surface area (TPSA) is 52.3 Å².